The van der Waals surface area contributed by atoms with Crippen LogP contribution in [-0.4, -0.2) is 12.5 Å². The molecule has 1 aromatic carbocycles. The number of rotatable bonds is 5. The van der Waals surface area contributed by atoms with E-state index >= 15 is 0 Å². The van der Waals surface area contributed by atoms with Crippen LogP contribution in [0.15, 0.2) is 12.1 Å². The van der Waals surface area contributed by atoms with Crippen LogP contribution in [-0.2, 0) is 0 Å². The molecular weight excluding hydrogens is 271 g/mol. The Morgan fingerprint density at radius 3 is 2.72 bits per heavy atom. The average Bonchev–Trinajstić information content (AvgIpc) is 2.34. The number of amides is 1. The van der Waals surface area contributed by atoms with E-state index in [9.17, 15) is 4.79 Å². The van der Waals surface area contributed by atoms with E-state index in [1.165, 1.54) is 12.1 Å². The standard InChI is InChI=1S/C13H14Cl2N2O/c1-2-3-4-5-6-17-13(18)9-7-10(14)12(15)11(16)8-9/h1,7-8H,3-6,16H2,(H,17,18). The van der Waals surface area contributed by atoms with Crippen molar-refractivity contribution in [3.63, 3.8) is 0 Å². The van der Waals surface area contributed by atoms with Gasteiger partial charge in [0.1, 0.15) is 0 Å². The lowest BCUT2D eigenvalue weighted by Gasteiger charge is -2.07. The van der Waals surface area contributed by atoms with Crippen molar-refractivity contribution in [3.05, 3.63) is 27.7 Å². The fourth-order valence-electron chi connectivity index (χ4n) is 1.40. The summed E-state index contributed by atoms with van der Waals surface area (Å²) < 4.78 is 0. The zero-order chi connectivity index (χ0) is 13.5. The van der Waals surface area contributed by atoms with Gasteiger partial charge < -0.3 is 11.1 Å². The second-order valence-corrected chi connectivity index (χ2v) is 4.56. The van der Waals surface area contributed by atoms with Gasteiger partial charge in [-0.25, -0.2) is 0 Å². The predicted molar refractivity (Wildman–Crippen MR) is 75.9 cm³/mol. The molecule has 0 aliphatic carbocycles. The van der Waals surface area contributed by atoms with Crippen LogP contribution >= 0.6 is 23.2 Å². The van der Waals surface area contributed by atoms with Crippen molar-refractivity contribution in [2.75, 3.05) is 12.3 Å². The molecule has 0 aliphatic heterocycles. The molecule has 0 saturated heterocycles. The smallest absolute Gasteiger partial charge is 0.251 e. The van der Waals surface area contributed by atoms with Crippen LogP contribution in [0.2, 0.25) is 10.0 Å². The zero-order valence-corrected chi connectivity index (χ0v) is 11.3. The third kappa shape index (κ3) is 4.14. The highest BCUT2D eigenvalue weighted by atomic mass is 35.5. The van der Waals surface area contributed by atoms with Gasteiger partial charge in [-0.15, -0.1) is 12.3 Å². The fraction of sp³-hybridized carbons (Fsp3) is 0.308. The molecule has 0 heterocycles. The molecule has 0 spiro atoms. The number of benzene rings is 1. The summed E-state index contributed by atoms with van der Waals surface area (Å²) in [5, 5.41) is 3.31. The van der Waals surface area contributed by atoms with E-state index in [0.717, 1.165) is 19.3 Å². The average molecular weight is 285 g/mol. The molecule has 1 amide bonds. The number of nitrogen functional groups attached to an aromatic ring is 1. The van der Waals surface area contributed by atoms with E-state index in [4.69, 9.17) is 35.4 Å². The first-order chi connectivity index (χ1) is 8.56. The maximum absolute atomic E-state index is 11.8. The molecule has 0 aromatic heterocycles. The van der Waals surface area contributed by atoms with Crippen molar-refractivity contribution in [2.45, 2.75) is 19.3 Å². The SMILES string of the molecule is C#CCCCCNC(=O)c1cc(N)c(Cl)c(Cl)c1. The summed E-state index contributed by atoms with van der Waals surface area (Å²) in [6.45, 7) is 0.570. The summed E-state index contributed by atoms with van der Waals surface area (Å²) in [6, 6.07) is 3.00. The lowest BCUT2D eigenvalue weighted by atomic mass is 10.2. The van der Waals surface area contributed by atoms with Crippen molar-refractivity contribution >= 4 is 34.8 Å². The number of unbranched alkanes of at least 4 members (excludes halogenated alkanes) is 2. The molecule has 96 valence electrons. The molecule has 0 aliphatic rings. The van der Waals surface area contributed by atoms with Crippen LogP contribution in [0, 0.1) is 12.3 Å². The first kappa shape index (κ1) is 14.7. The summed E-state index contributed by atoms with van der Waals surface area (Å²) in [4.78, 5) is 11.8. The summed E-state index contributed by atoms with van der Waals surface area (Å²) in [5.74, 6) is 2.33. The van der Waals surface area contributed by atoms with Gasteiger partial charge in [-0.2, -0.15) is 0 Å². The molecule has 1 aromatic rings. The molecule has 5 heteroatoms. The number of anilines is 1. The molecule has 18 heavy (non-hydrogen) atoms. The van der Waals surface area contributed by atoms with Gasteiger partial charge in [-0.05, 0) is 25.0 Å². The molecule has 0 saturated carbocycles. The maximum Gasteiger partial charge on any atom is 0.251 e. The second kappa shape index (κ2) is 7.15. The predicted octanol–water partition coefficient (Wildman–Crippen LogP) is 3.11. The number of nitrogens with two attached hydrogens (primary N) is 1. The first-order valence-corrected chi connectivity index (χ1v) is 6.28. The van der Waals surface area contributed by atoms with Gasteiger partial charge in [0.25, 0.3) is 5.91 Å². The highest BCUT2D eigenvalue weighted by Gasteiger charge is 2.10. The molecule has 0 bridgehead atoms. The fourth-order valence-corrected chi connectivity index (χ4v) is 1.73. The summed E-state index contributed by atoms with van der Waals surface area (Å²) in [6.07, 6.45) is 7.58. The molecule has 0 radical (unpaired) electrons. The van der Waals surface area contributed by atoms with E-state index in [0.29, 0.717) is 17.8 Å². The van der Waals surface area contributed by atoms with Gasteiger partial charge >= 0.3 is 0 Å². The molecule has 0 atom stereocenters. The van der Waals surface area contributed by atoms with Crippen molar-refractivity contribution < 1.29 is 4.79 Å². The van der Waals surface area contributed by atoms with Crippen molar-refractivity contribution in [1.29, 1.82) is 0 Å². The highest BCUT2D eigenvalue weighted by Crippen LogP contribution is 2.29. The zero-order valence-electron chi connectivity index (χ0n) is 9.80. The van der Waals surface area contributed by atoms with Crippen molar-refractivity contribution in [2.24, 2.45) is 0 Å². The minimum absolute atomic E-state index is 0.221. The molecule has 1 rings (SSSR count). The van der Waals surface area contributed by atoms with Crippen LogP contribution in [0.1, 0.15) is 29.6 Å². The van der Waals surface area contributed by atoms with Crippen LogP contribution in [0.5, 0.6) is 0 Å². The Balaban J connectivity index is 2.55. The second-order valence-electron chi connectivity index (χ2n) is 3.78. The van der Waals surface area contributed by atoms with Crippen molar-refractivity contribution in [1.82, 2.24) is 5.32 Å². The molecule has 3 N–H and O–H groups in total. The van der Waals surface area contributed by atoms with E-state index in [1.807, 2.05) is 0 Å². The topological polar surface area (TPSA) is 55.1 Å². The van der Waals surface area contributed by atoms with Gasteiger partial charge in [-0.1, -0.05) is 23.2 Å². The molecule has 3 nitrogen and oxygen atoms in total. The normalized spacial score (nSPS) is 9.83. The highest BCUT2D eigenvalue weighted by molar-refractivity contribution is 6.43. The number of hydrogen-bond acceptors (Lipinski definition) is 2. The summed E-state index contributed by atoms with van der Waals surface area (Å²) in [5.41, 5.74) is 6.33. The van der Waals surface area contributed by atoms with E-state index in [-0.39, 0.29) is 16.0 Å². The monoisotopic (exact) mass is 284 g/mol. The third-order valence-corrected chi connectivity index (χ3v) is 3.17. The summed E-state index contributed by atoms with van der Waals surface area (Å²) >= 11 is 11.7. The molecule has 0 unspecified atom stereocenters. The van der Waals surface area contributed by atoms with Crippen LogP contribution in [0.3, 0.4) is 0 Å². The van der Waals surface area contributed by atoms with Gasteiger partial charge in [0.2, 0.25) is 0 Å². The lowest BCUT2D eigenvalue weighted by Crippen LogP contribution is -2.24. The van der Waals surface area contributed by atoms with E-state index in [2.05, 4.69) is 11.2 Å². The first-order valence-electron chi connectivity index (χ1n) is 5.52. The van der Waals surface area contributed by atoms with Gasteiger partial charge in [0.05, 0.1) is 15.7 Å². The van der Waals surface area contributed by atoms with Gasteiger partial charge in [0.15, 0.2) is 0 Å². The minimum Gasteiger partial charge on any atom is -0.397 e. The molecule has 0 fully saturated rings. The van der Waals surface area contributed by atoms with E-state index in [1.54, 1.807) is 0 Å². The Morgan fingerprint density at radius 1 is 1.39 bits per heavy atom. The number of carbonyl (C=O) groups is 1. The Labute approximate surface area is 117 Å². The van der Waals surface area contributed by atoms with Gasteiger partial charge in [0, 0.05) is 18.5 Å². The number of hydrogen-bond donors (Lipinski definition) is 2. The Morgan fingerprint density at radius 2 is 2.11 bits per heavy atom. The number of carbonyl (C=O) groups excluding carboxylic acids is 1. The summed E-state index contributed by atoms with van der Waals surface area (Å²) in [7, 11) is 0. The minimum atomic E-state index is -0.221. The largest absolute Gasteiger partial charge is 0.397 e. The Bertz CT molecular complexity index is 457. The molecular formula is C13H14Cl2N2O. The number of terminal acetylenes is 1. The Kier molecular flexibility index (Phi) is 5.84. The maximum atomic E-state index is 11.8. The van der Waals surface area contributed by atoms with Crippen LogP contribution < -0.4 is 11.1 Å². The Hall–Kier alpha value is -1.37. The lowest BCUT2D eigenvalue weighted by molar-refractivity contribution is 0.0953. The number of halogens is 2. The number of nitrogens with one attached hydrogen (secondary N) is 1. The van der Waals surface area contributed by atoms with Gasteiger partial charge in [-0.3, -0.25) is 4.79 Å². The quantitative estimate of drug-likeness (QED) is 0.496. The van der Waals surface area contributed by atoms with E-state index < -0.39 is 0 Å². The van der Waals surface area contributed by atoms with Crippen LogP contribution in [0.25, 0.3) is 0 Å². The third-order valence-electron chi connectivity index (χ3n) is 2.35. The van der Waals surface area contributed by atoms with Crippen molar-refractivity contribution in [3.8, 4) is 12.3 Å². The van der Waals surface area contributed by atoms with Crippen LogP contribution in [0.4, 0.5) is 5.69 Å².